The van der Waals surface area contributed by atoms with Gasteiger partial charge in [0.25, 0.3) is 0 Å². The molecule has 1 N–H and O–H groups in total. The maximum Gasteiger partial charge on any atom is 0.0837 e. The lowest BCUT2D eigenvalue weighted by Gasteiger charge is -2.25. The van der Waals surface area contributed by atoms with Crippen molar-refractivity contribution in [1.29, 1.82) is 0 Å². The Labute approximate surface area is 88.7 Å². The molecule has 0 amide bonds. The molecule has 0 heterocycles. The maximum atomic E-state index is 9.86. The van der Waals surface area contributed by atoms with Crippen LogP contribution in [0.15, 0.2) is 0 Å². The lowest BCUT2D eigenvalue weighted by molar-refractivity contribution is -0.0776. The van der Waals surface area contributed by atoms with Crippen LogP contribution in [-0.4, -0.2) is 23.4 Å². The summed E-state index contributed by atoms with van der Waals surface area (Å²) in [6.07, 6.45) is 4.93. The maximum absolute atomic E-state index is 9.86. The molecule has 0 saturated heterocycles. The Balaban J connectivity index is 3.98. The zero-order valence-corrected chi connectivity index (χ0v) is 10.1. The molecule has 0 fully saturated rings. The molecule has 0 aromatic rings. The number of rotatable bonds is 8. The fourth-order valence-electron chi connectivity index (χ4n) is 1.51. The van der Waals surface area contributed by atoms with Gasteiger partial charge in [0.15, 0.2) is 0 Å². The van der Waals surface area contributed by atoms with E-state index in [1.807, 2.05) is 0 Å². The molecule has 2 nitrogen and oxygen atoms in total. The van der Waals surface area contributed by atoms with E-state index in [1.54, 1.807) is 0 Å². The third kappa shape index (κ3) is 5.61. The Morgan fingerprint density at radius 1 is 1.07 bits per heavy atom. The van der Waals surface area contributed by atoms with Crippen LogP contribution < -0.4 is 0 Å². The summed E-state index contributed by atoms with van der Waals surface area (Å²) in [4.78, 5) is 0. The van der Waals surface area contributed by atoms with Gasteiger partial charge in [-0.1, -0.05) is 33.6 Å². The highest BCUT2D eigenvalue weighted by Crippen LogP contribution is 2.15. The van der Waals surface area contributed by atoms with Crippen LogP contribution in [0, 0.1) is 0 Å². The summed E-state index contributed by atoms with van der Waals surface area (Å²) in [6, 6.07) is 0. The average molecular weight is 202 g/mol. The quantitative estimate of drug-likeness (QED) is 0.655. The van der Waals surface area contributed by atoms with E-state index in [0.29, 0.717) is 0 Å². The van der Waals surface area contributed by atoms with Crippen LogP contribution in [0.4, 0.5) is 0 Å². The molecule has 0 saturated carbocycles. The van der Waals surface area contributed by atoms with Crippen molar-refractivity contribution in [1.82, 2.24) is 0 Å². The molecule has 0 aromatic heterocycles. The van der Waals surface area contributed by atoms with Gasteiger partial charge in [0.2, 0.25) is 0 Å². The van der Waals surface area contributed by atoms with Gasteiger partial charge in [-0.05, 0) is 26.2 Å². The molecule has 86 valence electrons. The van der Waals surface area contributed by atoms with Crippen LogP contribution >= 0.6 is 0 Å². The van der Waals surface area contributed by atoms with Crippen LogP contribution in [-0.2, 0) is 4.74 Å². The van der Waals surface area contributed by atoms with E-state index < -0.39 is 0 Å². The van der Waals surface area contributed by atoms with Gasteiger partial charge in [-0.3, -0.25) is 0 Å². The minimum absolute atomic E-state index is 0.0369. The first kappa shape index (κ1) is 13.9. The summed E-state index contributed by atoms with van der Waals surface area (Å²) in [7, 11) is 0. The van der Waals surface area contributed by atoms with Crippen LogP contribution in [0.5, 0.6) is 0 Å². The summed E-state index contributed by atoms with van der Waals surface area (Å²) in [6.45, 7) is 8.41. The molecule has 0 radical (unpaired) electrons. The first-order chi connectivity index (χ1) is 6.65. The van der Waals surface area contributed by atoms with Crippen molar-refractivity contribution < 1.29 is 9.84 Å². The van der Waals surface area contributed by atoms with Crippen molar-refractivity contribution in [2.24, 2.45) is 0 Å². The minimum atomic E-state index is -0.283. The Morgan fingerprint density at radius 3 is 2.07 bits per heavy atom. The monoisotopic (exact) mass is 202 g/mol. The molecule has 0 bridgehead atoms. The van der Waals surface area contributed by atoms with Gasteiger partial charge in [-0.25, -0.2) is 0 Å². The number of aliphatic hydroxyl groups is 1. The smallest absolute Gasteiger partial charge is 0.0837 e. The van der Waals surface area contributed by atoms with Crippen molar-refractivity contribution in [2.75, 3.05) is 0 Å². The molecule has 0 aliphatic carbocycles. The molecule has 0 aromatic carbocycles. The second kappa shape index (κ2) is 8.25. The highest BCUT2D eigenvalue weighted by atomic mass is 16.5. The summed E-state index contributed by atoms with van der Waals surface area (Å²) < 4.78 is 5.80. The molecule has 3 unspecified atom stereocenters. The van der Waals surface area contributed by atoms with Crippen molar-refractivity contribution in [3.8, 4) is 0 Å². The predicted molar refractivity (Wildman–Crippen MR) is 60.4 cm³/mol. The largest absolute Gasteiger partial charge is 0.390 e. The Hall–Kier alpha value is -0.0800. The molecule has 2 heteroatoms. The lowest BCUT2D eigenvalue weighted by atomic mass is 10.0. The van der Waals surface area contributed by atoms with Crippen LogP contribution in [0.1, 0.15) is 59.8 Å². The van der Waals surface area contributed by atoms with E-state index >= 15 is 0 Å². The molecular weight excluding hydrogens is 176 g/mol. The predicted octanol–water partition coefficient (Wildman–Crippen LogP) is 3.13. The number of hydrogen-bond acceptors (Lipinski definition) is 2. The Bertz CT molecular complexity index is 125. The van der Waals surface area contributed by atoms with E-state index in [0.717, 1.165) is 32.1 Å². The third-order valence-electron chi connectivity index (χ3n) is 2.57. The van der Waals surface area contributed by atoms with Gasteiger partial charge in [0.05, 0.1) is 18.3 Å². The number of ether oxygens (including phenoxy) is 1. The first-order valence-corrected chi connectivity index (χ1v) is 5.99. The van der Waals surface area contributed by atoms with Crippen molar-refractivity contribution in [2.45, 2.75) is 78.1 Å². The minimum Gasteiger partial charge on any atom is -0.390 e. The average Bonchev–Trinajstić information content (AvgIpc) is 2.17. The summed E-state index contributed by atoms with van der Waals surface area (Å²) in [5.41, 5.74) is 0. The van der Waals surface area contributed by atoms with Gasteiger partial charge in [0, 0.05) is 0 Å². The normalized spacial score (nSPS) is 17.8. The van der Waals surface area contributed by atoms with Gasteiger partial charge in [-0.2, -0.15) is 0 Å². The topological polar surface area (TPSA) is 29.5 Å². The van der Waals surface area contributed by atoms with Gasteiger partial charge < -0.3 is 9.84 Å². The van der Waals surface area contributed by atoms with E-state index in [2.05, 4.69) is 27.7 Å². The second-order valence-electron chi connectivity index (χ2n) is 4.04. The van der Waals surface area contributed by atoms with Gasteiger partial charge >= 0.3 is 0 Å². The number of hydrogen-bond donors (Lipinski definition) is 1. The summed E-state index contributed by atoms with van der Waals surface area (Å²) in [5.74, 6) is 0. The molecule has 0 aliphatic heterocycles. The lowest BCUT2D eigenvalue weighted by Crippen LogP contribution is -2.31. The zero-order chi connectivity index (χ0) is 11.0. The second-order valence-corrected chi connectivity index (χ2v) is 4.04. The van der Waals surface area contributed by atoms with Crippen LogP contribution in [0.3, 0.4) is 0 Å². The fourth-order valence-corrected chi connectivity index (χ4v) is 1.51. The molecule has 0 rings (SSSR count). The van der Waals surface area contributed by atoms with Crippen molar-refractivity contribution >= 4 is 0 Å². The summed E-state index contributed by atoms with van der Waals surface area (Å²) >= 11 is 0. The van der Waals surface area contributed by atoms with E-state index in [9.17, 15) is 5.11 Å². The van der Waals surface area contributed by atoms with E-state index in [-0.39, 0.29) is 18.3 Å². The molecule has 3 atom stereocenters. The highest BCUT2D eigenvalue weighted by Gasteiger charge is 2.19. The first-order valence-electron chi connectivity index (χ1n) is 5.99. The van der Waals surface area contributed by atoms with Crippen molar-refractivity contribution in [3.63, 3.8) is 0 Å². The standard InChI is InChI=1S/C12H26O2/c1-5-8-11(13)12(9-6-2)14-10(4)7-3/h10-13H,5-9H2,1-4H3. The van der Waals surface area contributed by atoms with Crippen LogP contribution in [0.25, 0.3) is 0 Å². The molecule has 0 aliphatic rings. The molecule has 14 heavy (non-hydrogen) atoms. The van der Waals surface area contributed by atoms with Gasteiger partial charge in [-0.15, -0.1) is 0 Å². The molecular formula is C12H26O2. The van der Waals surface area contributed by atoms with E-state index in [1.165, 1.54) is 0 Å². The number of aliphatic hydroxyl groups excluding tert-OH is 1. The van der Waals surface area contributed by atoms with Crippen molar-refractivity contribution in [3.05, 3.63) is 0 Å². The highest BCUT2D eigenvalue weighted by molar-refractivity contribution is 4.69. The fraction of sp³-hybridized carbons (Fsp3) is 1.00. The third-order valence-corrected chi connectivity index (χ3v) is 2.57. The Morgan fingerprint density at radius 2 is 1.64 bits per heavy atom. The molecule has 0 spiro atoms. The summed E-state index contributed by atoms with van der Waals surface area (Å²) in [5, 5.41) is 9.86. The SMILES string of the molecule is CCCC(O)C(CCC)OC(C)CC. The van der Waals surface area contributed by atoms with Crippen LogP contribution in [0.2, 0.25) is 0 Å². The Kier molecular flexibility index (Phi) is 8.20. The zero-order valence-electron chi connectivity index (χ0n) is 10.1. The van der Waals surface area contributed by atoms with E-state index in [4.69, 9.17) is 4.74 Å². The van der Waals surface area contributed by atoms with Gasteiger partial charge in [0.1, 0.15) is 0 Å².